The smallest absolute Gasteiger partial charge is 0.159 e. The Morgan fingerprint density at radius 3 is 2.82 bits per heavy atom. The normalized spacial score (nSPS) is 21.7. The largest absolute Gasteiger partial charge is 0.330 e. The van der Waals surface area contributed by atoms with Crippen molar-refractivity contribution in [3.63, 3.8) is 0 Å². The molecule has 0 spiro atoms. The van der Waals surface area contributed by atoms with Crippen molar-refractivity contribution in [2.75, 3.05) is 19.6 Å². The van der Waals surface area contributed by atoms with E-state index in [1.54, 1.807) is 6.07 Å². The Labute approximate surface area is 100 Å². The summed E-state index contributed by atoms with van der Waals surface area (Å²) in [4.78, 5) is 2.26. The first-order valence-electron chi connectivity index (χ1n) is 6.05. The van der Waals surface area contributed by atoms with Gasteiger partial charge in [-0.05, 0) is 49.5 Å². The highest BCUT2D eigenvalue weighted by Gasteiger charge is 2.18. The fraction of sp³-hybridized carbons (Fsp3) is 0.538. The summed E-state index contributed by atoms with van der Waals surface area (Å²) in [6.45, 7) is 3.34. The molecule has 2 N–H and O–H groups in total. The van der Waals surface area contributed by atoms with Crippen LogP contribution in [0.4, 0.5) is 8.78 Å². The summed E-state index contributed by atoms with van der Waals surface area (Å²) >= 11 is 0. The van der Waals surface area contributed by atoms with Crippen LogP contribution in [0.5, 0.6) is 0 Å². The van der Waals surface area contributed by atoms with Gasteiger partial charge in [0.25, 0.3) is 0 Å². The van der Waals surface area contributed by atoms with Crippen LogP contribution in [0.1, 0.15) is 18.4 Å². The highest BCUT2D eigenvalue weighted by molar-refractivity contribution is 5.17. The molecular weight excluding hydrogens is 222 g/mol. The van der Waals surface area contributed by atoms with Gasteiger partial charge in [0, 0.05) is 13.1 Å². The summed E-state index contributed by atoms with van der Waals surface area (Å²) in [7, 11) is 0. The number of halogens is 2. The van der Waals surface area contributed by atoms with Crippen LogP contribution < -0.4 is 5.73 Å². The third kappa shape index (κ3) is 3.23. The molecule has 17 heavy (non-hydrogen) atoms. The van der Waals surface area contributed by atoms with Crippen LogP contribution in [0.2, 0.25) is 0 Å². The first-order valence-corrected chi connectivity index (χ1v) is 6.05. The zero-order chi connectivity index (χ0) is 12.3. The second-order valence-corrected chi connectivity index (χ2v) is 4.73. The van der Waals surface area contributed by atoms with E-state index in [2.05, 4.69) is 4.90 Å². The molecule has 1 atom stereocenters. The molecule has 1 unspecified atom stereocenters. The number of hydrogen-bond donors (Lipinski definition) is 1. The van der Waals surface area contributed by atoms with Gasteiger partial charge < -0.3 is 5.73 Å². The van der Waals surface area contributed by atoms with Crippen molar-refractivity contribution >= 4 is 0 Å². The summed E-state index contributed by atoms with van der Waals surface area (Å²) in [6, 6.07) is 4.11. The van der Waals surface area contributed by atoms with Crippen molar-refractivity contribution in [1.29, 1.82) is 0 Å². The molecule has 1 saturated heterocycles. The summed E-state index contributed by atoms with van der Waals surface area (Å²) < 4.78 is 25.9. The molecule has 0 radical (unpaired) electrons. The van der Waals surface area contributed by atoms with Crippen molar-refractivity contribution in [2.45, 2.75) is 19.4 Å². The van der Waals surface area contributed by atoms with Gasteiger partial charge in [-0.2, -0.15) is 0 Å². The molecule has 1 aliphatic rings. The highest BCUT2D eigenvalue weighted by atomic mass is 19.2. The maximum absolute atomic E-state index is 13.1. The molecule has 4 heteroatoms. The van der Waals surface area contributed by atoms with E-state index in [0.717, 1.165) is 25.1 Å². The van der Waals surface area contributed by atoms with Crippen LogP contribution in [0, 0.1) is 17.6 Å². The minimum Gasteiger partial charge on any atom is -0.330 e. The number of benzene rings is 1. The first-order chi connectivity index (χ1) is 8.19. The van der Waals surface area contributed by atoms with Gasteiger partial charge in [0.15, 0.2) is 11.6 Å². The predicted octanol–water partition coefficient (Wildman–Crippen LogP) is 2.14. The predicted molar refractivity (Wildman–Crippen MR) is 63.4 cm³/mol. The van der Waals surface area contributed by atoms with Crippen LogP contribution in [-0.2, 0) is 6.54 Å². The van der Waals surface area contributed by atoms with E-state index in [9.17, 15) is 8.78 Å². The maximum atomic E-state index is 13.1. The molecule has 0 saturated carbocycles. The third-order valence-corrected chi connectivity index (χ3v) is 3.33. The van der Waals surface area contributed by atoms with Gasteiger partial charge >= 0.3 is 0 Å². The number of piperidine rings is 1. The van der Waals surface area contributed by atoms with Gasteiger partial charge in [0.2, 0.25) is 0 Å². The molecule has 1 heterocycles. The molecule has 1 aliphatic heterocycles. The standard InChI is InChI=1S/C13H18F2N2/c14-12-4-3-10(6-13(12)15)8-17-5-1-2-11(7-16)9-17/h3-4,6,11H,1-2,5,7-9,16H2. The van der Waals surface area contributed by atoms with Gasteiger partial charge in [0.1, 0.15) is 0 Å². The lowest BCUT2D eigenvalue weighted by atomic mass is 9.98. The summed E-state index contributed by atoms with van der Waals surface area (Å²) in [5, 5.41) is 0. The third-order valence-electron chi connectivity index (χ3n) is 3.33. The second kappa shape index (κ2) is 5.56. The zero-order valence-electron chi connectivity index (χ0n) is 9.83. The van der Waals surface area contributed by atoms with Gasteiger partial charge in [-0.3, -0.25) is 4.90 Å². The van der Waals surface area contributed by atoms with Crippen LogP contribution in [-0.4, -0.2) is 24.5 Å². The number of nitrogens with zero attached hydrogens (tertiary/aromatic N) is 1. The molecule has 0 bridgehead atoms. The number of rotatable bonds is 3. The Balaban J connectivity index is 1.97. The van der Waals surface area contributed by atoms with Crippen molar-refractivity contribution in [2.24, 2.45) is 11.7 Å². The van der Waals surface area contributed by atoms with Crippen LogP contribution in [0.25, 0.3) is 0 Å². The van der Waals surface area contributed by atoms with Crippen molar-refractivity contribution in [1.82, 2.24) is 4.90 Å². The van der Waals surface area contributed by atoms with E-state index in [-0.39, 0.29) is 0 Å². The number of hydrogen-bond acceptors (Lipinski definition) is 2. The molecule has 0 amide bonds. The molecule has 0 aromatic heterocycles. The van der Waals surface area contributed by atoms with Gasteiger partial charge in [0.05, 0.1) is 0 Å². The lowest BCUT2D eigenvalue weighted by Gasteiger charge is -2.32. The molecule has 94 valence electrons. The van der Waals surface area contributed by atoms with E-state index in [4.69, 9.17) is 5.73 Å². The quantitative estimate of drug-likeness (QED) is 0.877. The average Bonchev–Trinajstić information content (AvgIpc) is 2.34. The second-order valence-electron chi connectivity index (χ2n) is 4.73. The minimum atomic E-state index is -0.785. The lowest BCUT2D eigenvalue weighted by molar-refractivity contribution is 0.171. The Bertz CT molecular complexity index is 382. The SMILES string of the molecule is NCC1CCCN(Cc2ccc(F)c(F)c2)C1. The van der Waals surface area contributed by atoms with E-state index >= 15 is 0 Å². The summed E-state index contributed by atoms with van der Waals surface area (Å²) in [5.74, 6) is -1.02. The number of nitrogens with two attached hydrogens (primary N) is 1. The van der Waals surface area contributed by atoms with Crippen molar-refractivity contribution in [3.8, 4) is 0 Å². The maximum Gasteiger partial charge on any atom is 0.159 e. The van der Waals surface area contributed by atoms with Crippen LogP contribution in [0.15, 0.2) is 18.2 Å². The monoisotopic (exact) mass is 240 g/mol. The molecular formula is C13H18F2N2. The van der Waals surface area contributed by atoms with Crippen molar-refractivity contribution in [3.05, 3.63) is 35.4 Å². The molecule has 1 fully saturated rings. The van der Waals surface area contributed by atoms with E-state index < -0.39 is 11.6 Å². The zero-order valence-corrected chi connectivity index (χ0v) is 9.83. The van der Waals surface area contributed by atoms with Gasteiger partial charge in [-0.15, -0.1) is 0 Å². The summed E-state index contributed by atoms with van der Waals surface area (Å²) in [6.07, 6.45) is 2.30. The fourth-order valence-corrected chi connectivity index (χ4v) is 2.38. The summed E-state index contributed by atoms with van der Waals surface area (Å²) in [5.41, 5.74) is 6.49. The minimum absolute atomic E-state index is 0.536. The molecule has 0 aliphatic carbocycles. The molecule has 1 aromatic rings. The van der Waals surface area contributed by atoms with Crippen molar-refractivity contribution < 1.29 is 8.78 Å². The topological polar surface area (TPSA) is 29.3 Å². The van der Waals surface area contributed by atoms with Crippen LogP contribution in [0.3, 0.4) is 0 Å². The Morgan fingerprint density at radius 1 is 1.29 bits per heavy atom. The highest BCUT2D eigenvalue weighted by Crippen LogP contribution is 2.18. The first kappa shape index (κ1) is 12.5. The Kier molecular flexibility index (Phi) is 4.07. The number of likely N-dealkylation sites (tertiary alicyclic amines) is 1. The lowest BCUT2D eigenvalue weighted by Crippen LogP contribution is -2.37. The Hall–Kier alpha value is -1.00. The molecule has 1 aromatic carbocycles. The van der Waals surface area contributed by atoms with E-state index in [1.807, 2.05) is 0 Å². The van der Waals surface area contributed by atoms with E-state index in [1.165, 1.54) is 18.6 Å². The molecule has 2 rings (SSSR count). The van der Waals surface area contributed by atoms with Crippen LogP contribution >= 0.6 is 0 Å². The van der Waals surface area contributed by atoms with E-state index in [0.29, 0.717) is 19.0 Å². The van der Waals surface area contributed by atoms with Gasteiger partial charge in [-0.25, -0.2) is 8.78 Å². The average molecular weight is 240 g/mol. The Morgan fingerprint density at radius 2 is 2.12 bits per heavy atom. The fourth-order valence-electron chi connectivity index (χ4n) is 2.38. The van der Waals surface area contributed by atoms with Gasteiger partial charge in [-0.1, -0.05) is 6.07 Å². The molecule has 2 nitrogen and oxygen atoms in total.